The largest absolute Gasteiger partial charge is 0.351 e. The highest BCUT2D eigenvalue weighted by Crippen LogP contribution is 2.07. The van der Waals surface area contributed by atoms with Gasteiger partial charge in [0.05, 0.1) is 18.7 Å². The molecule has 0 atom stereocenters. The van der Waals surface area contributed by atoms with Crippen molar-refractivity contribution in [1.82, 2.24) is 25.3 Å². The van der Waals surface area contributed by atoms with Gasteiger partial charge in [0, 0.05) is 39.3 Å². The third-order valence-electron chi connectivity index (χ3n) is 4.35. The zero-order valence-electron chi connectivity index (χ0n) is 15.3. The highest BCUT2D eigenvalue weighted by Gasteiger charge is 2.19. The number of nitrogens with zero attached hydrogens (tertiary/aromatic N) is 4. The Labute approximate surface area is 175 Å². The van der Waals surface area contributed by atoms with Crippen LogP contribution in [0.4, 0.5) is 4.39 Å². The van der Waals surface area contributed by atoms with Gasteiger partial charge in [0.1, 0.15) is 5.82 Å². The van der Waals surface area contributed by atoms with Gasteiger partial charge in [0.15, 0.2) is 5.82 Å². The van der Waals surface area contributed by atoms with Crippen LogP contribution in [0.15, 0.2) is 28.8 Å². The molecule has 0 spiro atoms. The van der Waals surface area contributed by atoms with Crippen LogP contribution in [0.3, 0.4) is 0 Å². The van der Waals surface area contributed by atoms with Gasteiger partial charge in [-0.2, -0.15) is 4.98 Å². The summed E-state index contributed by atoms with van der Waals surface area (Å²) in [5, 5.41) is 6.67. The summed E-state index contributed by atoms with van der Waals surface area (Å²) in [5.41, 5.74) is 5.54. The van der Waals surface area contributed by atoms with Crippen molar-refractivity contribution >= 4 is 30.7 Å². The first-order valence-corrected chi connectivity index (χ1v) is 8.64. The minimum absolute atomic E-state index is 0. The van der Waals surface area contributed by atoms with Gasteiger partial charge in [-0.15, -0.1) is 24.8 Å². The van der Waals surface area contributed by atoms with Gasteiger partial charge in [0.2, 0.25) is 5.89 Å². The number of carbonyl (C=O) groups is 1. The first-order chi connectivity index (χ1) is 12.7. The summed E-state index contributed by atoms with van der Waals surface area (Å²) >= 11 is 0. The van der Waals surface area contributed by atoms with Crippen molar-refractivity contribution in [3.05, 3.63) is 47.4 Å². The van der Waals surface area contributed by atoms with Gasteiger partial charge < -0.3 is 15.6 Å². The Balaban J connectivity index is 0.00000196. The normalized spacial score (nSPS) is 14.8. The predicted octanol–water partition coefficient (Wildman–Crippen LogP) is 1.06. The summed E-state index contributed by atoms with van der Waals surface area (Å²) in [6, 6.07) is 5.99. The maximum absolute atomic E-state index is 13.6. The van der Waals surface area contributed by atoms with Crippen LogP contribution in [0.5, 0.6) is 0 Å². The van der Waals surface area contributed by atoms with Crippen LogP contribution in [-0.4, -0.2) is 65.1 Å². The van der Waals surface area contributed by atoms with E-state index in [4.69, 9.17) is 10.3 Å². The Morgan fingerprint density at radius 3 is 2.50 bits per heavy atom. The molecule has 0 aliphatic carbocycles. The molecule has 1 aromatic carbocycles. The van der Waals surface area contributed by atoms with Crippen LogP contribution < -0.4 is 11.1 Å². The predicted molar refractivity (Wildman–Crippen MR) is 107 cm³/mol. The lowest BCUT2D eigenvalue weighted by Crippen LogP contribution is -2.48. The molecular weight excluding hydrogens is 410 g/mol. The van der Waals surface area contributed by atoms with Crippen LogP contribution >= 0.6 is 24.8 Å². The van der Waals surface area contributed by atoms with Crippen molar-refractivity contribution in [1.29, 1.82) is 0 Å². The van der Waals surface area contributed by atoms with Gasteiger partial charge in [-0.3, -0.25) is 14.6 Å². The second-order valence-electron chi connectivity index (χ2n) is 6.16. The number of rotatable bonds is 7. The second-order valence-corrected chi connectivity index (χ2v) is 6.16. The third kappa shape index (κ3) is 6.68. The molecule has 0 unspecified atom stereocenters. The number of aromatic nitrogens is 2. The SMILES string of the molecule is Cl.Cl.NCc1nc(CN2CCN(CCNC(=O)c3ccccc3F)CC2)no1. The molecule has 1 aliphatic rings. The highest BCUT2D eigenvalue weighted by molar-refractivity contribution is 5.94. The molecule has 2 aromatic rings. The van der Waals surface area contributed by atoms with Gasteiger partial charge in [0.25, 0.3) is 5.91 Å². The summed E-state index contributed by atoms with van der Waals surface area (Å²) in [7, 11) is 0. The maximum Gasteiger partial charge on any atom is 0.254 e. The summed E-state index contributed by atoms with van der Waals surface area (Å²) in [6.45, 7) is 5.64. The summed E-state index contributed by atoms with van der Waals surface area (Å²) in [4.78, 5) is 20.7. The van der Waals surface area contributed by atoms with Crippen LogP contribution in [0.1, 0.15) is 22.1 Å². The number of piperazine rings is 1. The highest BCUT2D eigenvalue weighted by atomic mass is 35.5. The Hall–Kier alpha value is -1.78. The zero-order chi connectivity index (χ0) is 18.4. The fourth-order valence-electron chi connectivity index (χ4n) is 2.88. The number of hydrogen-bond acceptors (Lipinski definition) is 7. The van der Waals surface area contributed by atoms with Crippen molar-refractivity contribution in [2.45, 2.75) is 13.1 Å². The van der Waals surface area contributed by atoms with Crippen LogP contribution in [0, 0.1) is 5.82 Å². The molecule has 156 valence electrons. The van der Waals surface area contributed by atoms with E-state index in [1.54, 1.807) is 12.1 Å². The molecule has 1 saturated heterocycles. The smallest absolute Gasteiger partial charge is 0.254 e. The third-order valence-corrected chi connectivity index (χ3v) is 4.35. The number of amides is 1. The molecule has 0 saturated carbocycles. The maximum atomic E-state index is 13.6. The molecule has 1 amide bonds. The minimum Gasteiger partial charge on any atom is -0.351 e. The number of nitrogens with one attached hydrogen (secondary N) is 1. The molecule has 0 bridgehead atoms. The molecule has 3 N–H and O–H groups in total. The average molecular weight is 435 g/mol. The van der Waals surface area contributed by atoms with Crippen LogP contribution in [0.25, 0.3) is 0 Å². The average Bonchev–Trinajstić information content (AvgIpc) is 3.11. The summed E-state index contributed by atoms with van der Waals surface area (Å²) in [5.74, 6) is 0.215. The van der Waals surface area contributed by atoms with Crippen LogP contribution in [-0.2, 0) is 13.1 Å². The van der Waals surface area contributed by atoms with Gasteiger partial charge in [-0.05, 0) is 12.1 Å². The Kier molecular flexibility index (Phi) is 10.3. The fraction of sp³-hybridized carbons (Fsp3) is 0.471. The Morgan fingerprint density at radius 1 is 1.18 bits per heavy atom. The van der Waals surface area contributed by atoms with Gasteiger partial charge in [-0.1, -0.05) is 17.3 Å². The standard InChI is InChI=1S/C17H23FN6O2.2ClH/c18-14-4-2-1-3-13(14)17(25)20-5-6-23-7-9-24(10-8-23)12-15-21-16(11-19)26-22-15;;/h1-4H,5-12,19H2,(H,20,25);2*1H. The van der Waals surface area contributed by atoms with E-state index in [2.05, 4.69) is 25.3 Å². The van der Waals surface area contributed by atoms with Crippen molar-refractivity contribution in [3.8, 4) is 0 Å². The van der Waals surface area contributed by atoms with Crippen molar-refractivity contribution in [2.24, 2.45) is 5.73 Å². The number of carbonyl (C=O) groups excluding carboxylic acids is 1. The van der Waals surface area contributed by atoms with E-state index >= 15 is 0 Å². The lowest BCUT2D eigenvalue weighted by Gasteiger charge is -2.33. The van der Waals surface area contributed by atoms with Crippen molar-refractivity contribution in [3.63, 3.8) is 0 Å². The number of hydrogen-bond donors (Lipinski definition) is 2. The summed E-state index contributed by atoms with van der Waals surface area (Å²) in [6.07, 6.45) is 0. The van der Waals surface area contributed by atoms with E-state index < -0.39 is 5.82 Å². The molecule has 2 heterocycles. The van der Waals surface area contributed by atoms with Gasteiger partial charge >= 0.3 is 0 Å². The number of halogens is 3. The Morgan fingerprint density at radius 2 is 1.86 bits per heavy atom. The van der Waals surface area contributed by atoms with E-state index in [0.29, 0.717) is 24.8 Å². The van der Waals surface area contributed by atoms with E-state index in [0.717, 1.165) is 32.7 Å². The summed E-state index contributed by atoms with van der Waals surface area (Å²) < 4.78 is 18.6. The first kappa shape index (κ1) is 24.3. The van der Waals surface area contributed by atoms with E-state index in [1.165, 1.54) is 12.1 Å². The molecule has 1 aromatic heterocycles. The van der Waals surface area contributed by atoms with E-state index in [9.17, 15) is 9.18 Å². The molecule has 3 rings (SSSR count). The Bertz CT molecular complexity index is 740. The number of benzene rings is 1. The molecule has 1 aliphatic heterocycles. The minimum atomic E-state index is -0.502. The molecule has 28 heavy (non-hydrogen) atoms. The quantitative estimate of drug-likeness (QED) is 0.671. The molecule has 0 radical (unpaired) electrons. The van der Waals surface area contributed by atoms with E-state index in [1.807, 2.05) is 0 Å². The second kappa shape index (κ2) is 11.9. The van der Waals surface area contributed by atoms with Crippen molar-refractivity contribution in [2.75, 3.05) is 39.3 Å². The molecule has 1 fully saturated rings. The molecule has 11 heteroatoms. The van der Waals surface area contributed by atoms with Crippen LogP contribution in [0.2, 0.25) is 0 Å². The van der Waals surface area contributed by atoms with Crippen molar-refractivity contribution < 1.29 is 13.7 Å². The molecule has 8 nitrogen and oxygen atoms in total. The lowest BCUT2D eigenvalue weighted by molar-refractivity contribution is 0.0929. The van der Waals surface area contributed by atoms with Gasteiger partial charge in [-0.25, -0.2) is 4.39 Å². The fourth-order valence-corrected chi connectivity index (χ4v) is 2.88. The number of nitrogens with two attached hydrogens (primary N) is 1. The zero-order valence-corrected chi connectivity index (χ0v) is 17.0. The monoisotopic (exact) mass is 434 g/mol. The lowest BCUT2D eigenvalue weighted by atomic mass is 10.2. The topological polar surface area (TPSA) is 101 Å². The molecular formula is C17H25Cl2FN6O2. The van der Waals surface area contributed by atoms with E-state index in [-0.39, 0.29) is 42.8 Å². The first-order valence-electron chi connectivity index (χ1n) is 8.64.